The van der Waals surface area contributed by atoms with Crippen LogP contribution in [0.5, 0.6) is 17.2 Å². The van der Waals surface area contributed by atoms with E-state index in [9.17, 15) is 18.0 Å². The van der Waals surface area contributed by atoms with Crippen LogP contribution >= 0.6 is 0 Å². The van der Waals surface area contributed by atoms with Crippen LogP contribution in [0, 0.1) is 0 Å². The maximum Gasteiger partial charge on any atom is 0.573 e. The van der Waals surface area contributed by atoms with Gasteiger partial charge >= 0.3 is 12.3 Å². The Morgan fingerprint density at radius 3 is 2.27 bits per heavy atom. The highest BCUT2D eigenvalue weighted by Crippen LogP contribution is 2.29. The van der Waals surface area contributed by atoms with Crippen LogP contribution in [-0.2, 0) is 0 Å². The zero-order chi connectivity index (χ0) is 16.2. The molecule has 0 aliphatic heterocycles. The van der Waals surface area contributed by atoms with Crippen molar-refractivity contribution in [3.8, 4) is 17.2 Å². The highest BCUT2D eigenvalue weighted by Gasteiger charge is 2.31. The Kier molecular flexibility index (Phi) is 4.55. The first kappa shape index (κ1) is 15.7. The molecule has 0 unspecified atom stereocenters. The summed E-state index contributed by atoms with van der Waals surface area (Å²) in [6, 6.07) is 11.3. The summed E-state index contributed by atoms with van der Waals surface area (Å²) in [7, 11) is 1.29. The van der Waals surface area contributed by atoms with Gasteiger partial charge in [0, 0.05) is 0 Å². The first-order valence-electron chi connectivity index (χ1n) is 6.10. The first-order chi connectivity index (χ1) is 10.4. The Balaban J connectivity index is 2.27. The van der Waals surface area contributed by atoms with Gasteiger partial charge in [-0.25, -0.2) is 4.79 Å². The molecule has 116 valence electrons. The second kappa shape index (κ2) is 6.38. The molecule has 0 amide bonds. The van der Waals surface area contributed by atoms with Crippen LogP contribution in [0.2, 0.25) is 0 Å². The monoisotopic (exact) mass is 312 g/mol. The van der Waals surface area contributed by atoms with Gasteiger partial charge in [0.2, 0.25) is 0 Å². The molecule has 0 aliphatic carbocycles. The second-order valence-corrected chi connectivity index (χ2v) is 4.11. The predicted molar refractivity (Wildman–Crippen MR) is 71.1 cm³/mol. The summed E-state index contributed by atoms with van der Waals surface area (Å²) in [5.41, 5.74) is -0.173. The fourth-order valence-electron chi connectivity index (χ4n) is 1.69. The van der Waals surface area contributed by atoms with E-state index in [1.54, 1.807) is 30.3 Å². The molecule has 0 saturated carbocycles. The van der Waals surface area contributed by atoms with Crippen molar-refractivity contribution in [1.29, 1.82) is 0 Å². The lowest BCUT2D eigenvalue weighted by Crippen LogP contribution is -2.18. The molecule has 0 aromatic heterocycles. The van der Waals surface area contributed by atoms with Crippen molar-refractivity contribution in [2.45, 2.75) is 6.36 Å². The van der Waals surface area contributed by atoms with Crippen LogP contribution in [0.4, 0.5) is 13.2 Å². The van der Waals surface area contributed by atoms with Gasteiger partial charge in [-0.15, -0.1) is 13.2 Å². The Labute approximate surface area is 124 Å². The summed E-state index contributed by atoms with van der Waals surface area (Å²) in [5, 5.41) is 0. The number of benzene rings is 2. The van der Waals surface area contributed by atoms with Gasteiger partial charge in [0.05, 0.1) is 7.11 Å². The van der Waals surface area contributed by atoms with Crippen molar-refractivity contribution in [3.63, 3.8) is 0 Å². The van der Waals surface area contributed by atoms with Crippen LogP contribution in [0.3, 0.4) is 0 Å². The number of hydrogen-bond donors (Lipinski definition) is 0. The molecular formula is C15H11F3O4. The average Bonchev–Trinajstić information content (AvgIpc) is 2.46. The number of carbonyl (C=O) groups is 1. The normalized spacial score (nSPS) is 10.9. The number of rotatable bonds is 4. The van der Waals surface area contributed by atoms with E-state index in [2.05, 4.69) is 4.74 Å². The van der Waals surface area contributed by atoms with Gasteiger partial charge < -0.3 is 14.2 Å². The largest absolute Gasteiger partial charge is 0.573 e. The van der Waals surface area contributed by atoms with Crippen LogP contribution in [0.15, 0.2) is 48.5 Å². The summed E-state index contributed by atoms with van der Waals surface area (Å²) >= 11 is 0. The predicted octanol–water partition coefficient (Wildman–Crippen LogP) is 3.81. The molecule has 0 heterocycles. The third-order valence-electron chi connectivity index (χ3n) is 2.58. The zero-order valence-electron chi connectivity index (χ0n) is 11.4. The minimum Gasteiger partial charge on any atom is -0.496 e. The molecule has 4 nitrogen and oxygen atoms in total. The molecule has 0 atom stereocenters. The lowest BCUT2D eigenvalue weighted by molar-refractivity contribution is -0.274. The number of alkyl halides is 3. The molecule has 22 heavy (non-hydrogen) atoms. The molecule has 0 N–H and O–H groups in total. The fraction of sp³-hybridized carbons (Fsp3) is 0.133. The fourth-order valence-corrected chi connectivity index (χ4v) is 1.69. The van der Waals surface area contributed by atoms with Crippen molar-refractivity contribution in [2.75, 3.05) is 7.11 Å². The number of esters is 1. The number of halogens is 3. The van der Waals surface area contributed by atoms with Gasteiger partial charge in [0.15, 0.2) is 0 Å². The van der Waals surface area contributed by atoms with E-state index < -0.39 is 18.1 Å². The number of methoxy groups -OCH3 is 1. The van der Waals surface area contributed by atoms with Crippen LogP contribution in [0.1, 0.15) is 10.4 Å². The molecule has 0 saturated heterocycles. The minimum absolute atomic E-state index is 0.0791. The van der Waals surface area contributed by atoms with E-state index in [1.807, 2.05) is 0 Å². The Bertz CT molecular complexity index is 654. The summed E-state index contributed by atoms with van der Waals surface area (Å²) in [4.78, 5) is 12.1. The third-order valence-corrected chi connectivity index (χ3v) is 2.58. The van der Waals surface area contributed by atoms with Crippen molar-refractivity contribution >= 4 is 5.97 Å². The Morgan fingerprint density at radius 2 is 1.68 bits per heavy atom. The highest BCUT2D eigenvalue weighted by atomic mass is 19.4. The maximum atomic E-state index is 12.2. The van der Waals surface area contributed by atoms with Crippen molar-refractivity contribution in [2.24, 2.45) is 0 Å². The number of carbonyl (C=O) groups excluding carboxylic acids is 1. The zero-order valence-corrected chi connectivity index (χ0v) is 11.4. The lowest BCUT2D eigenvalue weighted by atomic mass is 10.2. The van der Waals surface area contributed by atoms with Crippen molar-refractivity contribution in [1.82, 2.24) is 0 Å². The van der Waals surface area contributed by atoms with Crippen LogP contribution in [0.25, 0.3) is 0 Å². The van der Waals surface area contributed by atoms with E-state index in [4.69, 9.17) is 9.47 Å². The summed E-state index contributed by atoms with van der Waals surface area (Å²) in [6.45, 7) is 0. The quantitative estimate of drug-likeness (QED) is 0.636. The molecule has 2 aromatic carbocycles. The third kappa shape index (κ3) is 4.15. The second-order valence-electron chi connectivity index (χ2n) is 4.11. The highest BCUT2D eigenvalue weighted by molar-refractivity contribution is 5.94. The van der Waals surface area contributed by atoms with Gasteiger partial charge in [-0.05, 0) is 30.3 Å². The molecule has 0 aliphatic rings. The molecule has 2 aromatic rings. The number of para-hydroxylation sites is 1. The first-order valence-corrected chi connectivity index (χ1v) is 6.10. The van der Waals surface area contributed by atoms with Crippen LogP contribution in [-0.4, -0.2) is 19.4 Å². The topological polar surface area (TPSA) is 44.8 Å². The molecule has 2 rings (SSSR count). The van der Waals surface area contributed by atoms with E-state index in [0.29, 0.717) is 0 Å². The van der Waals surface area contributed by atoms with Gasteiger partial charge in [0.25, 0.3) is 0 Å². The van der Waals surface area contributed by atoms with Gasteiger partial charge in [0.1, 0.15) is 22.8 Å². The minimum atomic E-state index is -4.85. The van der Waals surface area contributed by atoms with Crippen LogP contribution < -0.4 is 14.2 Å². The van der Waals surface area contributed by atoms with Crippen molar-refractivity contribution < 1.29 is 32.2 Å². The van der Waals surface area contributed by atoms with E-state index >= 15 is 0 Å². The molecule has 0 fully saturated rings. The average molecular weight is 312 g/mol. The lowest BCUT2D eigenvalue weighted by Gasteiger charge is -2.12. The van der Waals surface area contributed by atoms with E-state index in [-0.39, 0.29) is 17.1 Å². The SMILES string of the molecule is COc1ccc(OC(F)(F)F)cc1C(=O)Oc1ccccc1. The molecule has 0 radical (unpaired) electrons. The molecule has 0 bridgehead atoms. The summed E-state index contributed by atoms with van der Waals surface area (Å²) < 4.78 is 50.5. The molecule has 7 heteroatoms. The maximum absolute atomic E-state index is 12.2. The van der Waals surface area contributed by atoms with E-state index in [1.165, 1.54) is 13.2 Å². The Morgan fingerprint density at radius 1 is 1.00 bits per heavy atom. The smallest absolute Gasteiger partial charge is 0.496 e. The van der Waals surface area contributed by atoms with E-state index in [0.717, 1.165) is 12.1 Å². The number of ether oxygens (including phenoxy) is 3. The summed E-state index contributed by atoms with van der Waals surface area (Å²) in [5.74, 6) is -1.05. The summed E-state index contributed by atoms with van der Waals surface area (Å²) in [6.07, 6.45) is -4.85. The van der Waals surface area contributed by atoms with Gasteiger partial charge in [-0.3, -0.25) is 0 Å². The Hall–Kier alpha value is -2.70. The molecular weight excluding hydrogens is 301 g/mol. The standard InChI is InChI=1S/C15H11F3O4/c1-20-13-8-7-11(22-15(16,17)18)9-12(13)14(19)21-10-5-3-2-4-6-10/h2-9H,1H3. The number of hydrogen-bond acceptors (Lipinski definition) is 4. The van der Waals surface area contributed by atoms with Crippen molar-refractivity contribution in [3.05, 3.63) is 54.1 Å². The van der Waals surface area contributed by atoms with Gasteiger partial charge in [-0.1, -0.05) is 18.2 Å². The van der Waals surface area contributed by atoms with Gasteiger partial charge in [-0.2, -0.15) is 0 Å². The molecule has 0 spiro atoms.